The summed E-state index contributed by atoms with van der Waals surface area (Å²) in [6, 6.07) is 9.22. The summed E-state index contributed by atoms with van der Waals surface area (Å²) in [5.74, 6) is 0.114. The van der Waals surface area contributed by atoms with Gasteiger partial charge in [0.05, 0.1) is 11.5 Å². The van der Waals surface area contributed by atoms with Gasteiger partial charge in [0.15, 0.2) is 0 Å². The first-order valence-corrected chi connectivity index (χ1v) is 7.88. The van der Waals surface area contributed by atoms with Crippen LogP contribution in [0.2, 0.25) is 0 Å². The molecule has 0 spiro atoms. The molecule has 9 heteroatoms. The number of alkyl halides is 2. The summed E-state index contributed by atoms with van der Waals surface area (Å²) in [5.41, 5.74) is 0.564. The van der Waals surface area contributed by atoms with Gasteiger partial charge < -0.3 is 10.2 Å². The Balaban J connectivity index is 1.89. The van der Waals surface area contributed by atoms with Gasteiger partial charge in [0.2, 0.25) is 11.8 Å². The maximum atomic E-state index is 13.0. The summed E-state index contributed by atoms with van der Waals surface area (Å²) in [4.78, 5) is 20.0. The Bertz CT molecular complexity index is 741. The van der Waals surface area contributed by atoms with E-state index in [1.807, 2.05) is 30.3 Å². The van der Waals surface area contributed by atoms with E-state index in [1.165, 1.54) is 4.90 Å². The molecule has 2 aromatic rings. The van der Waals surface area contributed by atoms with Crippen molar-refractivity contribution in [1.82, 2.24) is 9.97 Å². The van der Waals surface area contributed by atoms with Crippen molar-refractivity contribution in [2.75, 3.05) is 16.8 Å². The first-order valence-electron chi connectivity index (χ1n) is 7.88. The van der Waals surface area contributed by atoms with Crippen LogP contribution < -0.4 is 10.2 Å². The molecular formula is C16H17F2N5O2. The van der Waals surface area contributed by atoms with E-state index in [-0.39, 0.29) is 30.0 Å². The summed E-state index contributed by atoms with van der Waals surface area (Å²) >= 11 is 0. The lowest BCUT2D eigenvalue weighted by Gasteiger charge is -2.22. The Hall–Kier alpha value is -2.84. The molecule has 0 aliphatic heterocycles. The minimum absolute atomic E-state index is 0.0397. The summed E-state index contributed by atoms with van der Waals surface area (Å²) in [6.07, 6.45) is 0.293. The molecule has 1 aromatic heterocycles. The van der Waals surface area contributed by atoms with E-state index < -0.39 is 17.9 Å². The van der Waals surface area contributed by atoms with Crippen LogP contribution >= 0.6 is 0 Å². The molecule has 25 heavy (non-hydrogen) atoms. The van der Waals surface area contributed by atoms with Gasteiger partial charge in [-0.15, -0.1) is 0 Å². The lowest BCUT2D eigenvalue weighted by atomic mass is 10.2. The van der Waals surface area contributed by atoms with Crippen molar-refractivity contribution < 1.29 is 13.7 Å². The second kappa shape index (κ2) is 7.37. The largest absolute Gasteiger partial charge is 0.361 e. The zero-order valence-electron chi connectivity index (χ0n) is 13.3. The van der Waals surface area contributed by atoms with Crippen LogP contribution in [0.3, 0.4) is 0 Å². The molecule has 7 nitrogen and oxygen atoms in total. The number of rotatable bonds is 8. The van der Waals surface area contributed by atoms with Gasteiger partial charge in [0, 0.05) is 12.6 Å². The molecule has 1 aliphatic rings. The number of nitro groups is 1. The highest BCUT2D eigenvalue weighted by molar-refractivity contribution is 5.58. The Labute approximate surface area is 142 Å². The molecule has 0 unspecified atom stereocenters. The van der Waals surface area contributed by atoms with Crippen molar-refractivity contribution in [3.63, 3.8) is 0 Å². The lowest BCUT2D eigenvalue weighted by molar-refractivity contribution is -0.384. The van der Waals surface area contributed by atoms with Crippen molar-refractivity contribution in [3.8, 4) is 0 Å². The van der Waals surface area contributed by atoms with Gasteiger partial charge >= 0.3 is 5.69 Å². The second-order valence-corrected chi connectivity index (χ2v) is 5.84. The van der Waals surface area contributed by atoms with Crippen LogP contribution in [-0.4, -0.2) is 33.9 Å². The van der Waals surface area contributed by atoms with Gasteiger partial charge in [-0.2, -0.15) is 4.98 Å². The zero-order chi connectivity index (χ0) is 17.8. The maximum absolute atomic E-state index is 13.0. The monoisotopic (exact) mass is 349 g/mol. The molecule has 0 atom stereocenters. The van der Waals surface area contributed by atoms with E-state index in [0.717, 1.165) is 24.6 Å². The summed E-state index contributed by atoms with van der Waals surface area (Å²) in [6.45, 7) is -0.374. The van der Waals surface area contributed by atoms with Crippen LogP contribution in [0.4, 0.5) is 26.2 Å². The quantitative estimate of drug-likeness (QED) is 0.582. The molecule has 1 heterocycles. The third-order valence-corrected chi connectivity index (χ3v) is 3.73. The van der Waals surface area contributed by atoms with Gasteiger partial charge in [0.1, 0.15) is 6.20 Å². The van der Waals surface area contributed by atoms with Gasteiger partial charge in [-0.1, -0.05) is 30.3 Å². The van der Waals surface area contributed by atoms with Crippen molar-refractivity contribution in [3.05, 3.63) is 52.2 Å². The van der Waals surface area contributed by atoms with E-state index in [1.54, 1.807) is 0 Å². The predicted octanol–water partition coefficient (Wildman–Crippen LogP) is 3.23. The lowest BCUT2D eigenvalue weighted by Crippen LogP contribution is -2.30. The number of benzene rings is 1. The fourth-order valence-corrected chi connectivity index (χ4v) is 2.37. The fraction of sp³-hybridized carbons (Fsp3) is 0.375. The van der Waals surface area contributed by atoms with E-state index in [9.17, 15) is 18.9 Å². The number of hydrogen-bond acceptors (Lipinski definition) is 6. The molecule has 1 aliphatic carbocycles. The first-order chi connectivity index (χ1) is 12.0. The smallest absolute Gasteiger partial charge is 0.329 e. The van der Waals surface area contributed by atoms with E-state index >= 15 is 0 Å². The highest BCUT2D eigenvalue weighted by Crippen LogP contribution is 2.30. The molecule has 1 N–H and O–H groups in total. The van der Waals surface area contributed by atoms with Crippen LogP contribution in [0.5, 0.6) is 0 Å². The van der Waals surface area contributed by atoms with E-state index in [2.05, 4.69) is 15.3 Å². The molecular weight excluding hydrogens is 332 g/mol. The second-order valence-electron chi connectivity index (χ2n) is 5.84. The fourth-order valence-electron chi connectivity index (χ4n) is 2.37. The van der Waals surface area contributed by atoms with E-state index in [4.69, 9.17) is 0 Å². The Morgan fingerprint density at radius 3 is 2.64 bits per heavy atom. The van der Waals surface area contributed by atoms with Crippen LogP contribution in [0, 0.1) is 10.1 Å². The molecule has 3 rings (SSSR count). The SMILES string of the molecule is O=[N+]([O-])c1cnc(N(Cc2ccccc2)CC(F)F)nc1NC1CC1. The molecule has 0 saturated heterocycles. The van der Waals surface area contributed by atoms with Crippen LogP contribution in [0.25, 0.3) is 0 Å². The van der Waals surface area contributed by atoms with Gasteiger partial charge in [-0.3, -0.25) is 10.1 Å². The number of nitrogens with one attached hydrogen (secondary N) is 1. The minimum Gasteiger partial charge on any atom is -0.361 e. The molecule has 0 bridgehead atoms. The normalized spacial score (nSPS) is 13.7. The number of anilines is 2. The number of halogens is 2. The highest BCUT2D eigenvalue weighted by atomic mass is 19.3. The van der Waals surface area contributed by atoms with Gasteiger partial charge in [-0.25, -0.2) is 13.8 Å². The Kier molecular flexibility index (Phi) is 5.01. The van der Waals surface area contributed by atoms with Crippen molar-refractivity contribution in [2.24, 2.45) is 0 Å². The van der Waals surface area contributed by atoms with Crippen LogP contribution in [0.1, 0.15) is 18.4 Å². The Morgan fingerprint density at radius 1 is 1.32 bits per heavy atom. The minimum atomic E-state index is -2.58. The van der Waals surface area contributed by atoms with Crippen LogP contribution in [-0.2, 0) is 6.54 Å². The summed E-state index contributed by atoms with van der Waals surface area (Å²) in [7, 11) is 0. The standard InChI is InChI=1S/C16H17F2N5O2/c17-14(18)10-22(9-11-4-2-1-3-5-11)16-19-8-13(23(24)25)15(21-16)20-12-6-7-12/h1-5,8,12,14H,6-7,9-10H2,(H,19,20,21). The predicted molar refractivity (Wildman–Crippen MR) is 88.8 cm³/mol. The topological polar surface area (TPSA) is 84.2 Å². The third kappa shape index (κ3) is 4.59. The molecule has 1 saturated carbocycles. The number of nitrogens with zero attached hydrogens (tertiary/aromatic N) is 4. The molecule has 1 aromatic carbocycles. The number of hydrogen-bond donors (Lipinski definition) is 1. The molecule has 1 fully saturated rings. The molecule has 0 amide bonds. The Morgan fingerprint density at radius 2 is 2.04 bits per heavy atom. The molecule has 132 valence electrons. The van der Waals surface area contributed by atoms with Crippen LogP contribution in [0.15, 0.2) is 36.5 Å². The van der Waals surface area contributed by atoms with Crippen molar-refractivity contribution >= 4 is 17.5 Å². The van der Waals surface area contributed by atoms with E-state index in [0.29, 0.717) is 0 Å². The first kappa shape index (κ1) is 17.0. The molecule has 0 radical (unpaired) electrons. The zero-order valence-corrected chi connectivity index (χ0v) is 13.3. The maximum Gasteiger partial charge on any atom is 0.329 e. The average Bonchev–Trinajstić information content (AvgIpc) is 3.38. The van der Waals surface area contributed by atoms with Gasteiger partial charge in [0.25, 0.3) is 6.43 Å². The third-order valence-electron chi connectivity index (χ3n) is 3.73. The number of aromatic nitrogens is 2. The summed E-state index contributed by atoms with van der Waals surface area (Å²) < 4.78 is 26.0. The average molecular weight is 349 g/mol. The van der Waals surface area contributed by atoms with Gasteiger partial charge in [-0.05, 0) is 18.4 Å². The highest BCUT2D eigenvalue weighted by Gasteiger charge is 2.27. The van der Waals surface area contributed by atoms with Crippen molar-refractivity contribution in [1.29, 1.82) is 0 Å². The summed E-state index contributed by atoms with van der Waals surface area (Å²) in [5, 5.41) is 14.1. The van der Waals surface area contributed by atoms with Crippen molar-refractivity contribution in [2.45, 2.75) is 31.9 Å².